The van der Waals surface area contributed by atoms with E-state index in [0.29, 0.717) is 12.3 Å². The fraction of sp³-hybridized carbons (Fsp3) is 0.278. The first-order valence-electron chi connectivity index (χ1n) is 7.88. The van der Waals surface area contributed by atoms with Gasteiger partial charge >= 0.3 is 0 Å². The standard InChI is InChI=1S/C18H18N4O/c1-11(2)13-10-16(23)19-14-8-9-15-18(17(13)14)21-22(20-15)12-6-4-3-5-7-12/h3-9,11,13H,10H2,1-2H3,(H,19,23)/t13-/m0/s1. The zero-order valence-electron chi connectivity index (χ0n) is 13.2. The minimum Gasteiger partial charge on any atom is -0.326 e. The third-order valence-electron chi connectivity index (χ3n) is 4.44. The van der Waals surface area contributed by atoms with Crippen molar-refractivity contribution in [1.29, 1.82) is 0 Å². The largest absolute Gasteiger partial charge is 0.326 e. The van der Waals surface area contributed by atoms with Crippen LogP contribution in [0.15, 0.2) is 42.5 Å². The Bertz CT molecular complexity index is 883. The second-order valence-corrected chi connectivity index (χ2v) is 6.32. The zero-order valence-corrected chi connectivity index (χ0v) is 13.2. The average molecular weight is 306 g/mol. The molecule has 3 aromatic rings. The molecule has 5 heteroatoms. The Balaban J connectivity index is 1.93. The van der Waals surface area contributed by atoms with Gasteiger partial charge in [-0.05, 0) is 36.1 Å². The van der Waals surface area contributed by atoms with Crippen molar-refractivity contribution in [1.82, 2.24) is 15.0 Å². The van der Waals surface area contributed by atoms with E-state index in [4.69, 9.17) is 5.10 Å². The SMILES string of the molecule is CC(C)[C@@H]1CC(=O)Nc2ccc3nn(-c4ccccc4)nc3c21. The second-order valence-electron chi connectivity index (χ2n) is 6.32. The number of fused-ring (bicyclic) bond motifs is 3. The highest BCUT2D eigenvalue weighted by molar-refractivity contribution is 5.99. The van der Waals surface area contributed by atoms with Gasteiger partial charge in [-0.3, -0.25) is 4.79 Å². The number of amides is 1. The van der Waals surface area contributed by atoms with E-state index in [-0.39, 0.29) is 11.8 Å². The molecule has 1 aliphatic heterocycles. The molecule has 0 saturated carbocycles. The molecular weight excluding hydrogens is 288 g/mol. The third kappa shape index (κ3) is 2.29. The summed E-state index contributed by atoms with van der Waals surface area (Å²) in [5, 5.41) is 12.3. The molecule has 0 unspecified atom stereocenters. The minimum atomic E-state index is 0.0750. The van der Waals surface area contributed by atoms with Crippen molar-refractivity contribution < 1.29 is 4.79 Å². The van der Waals surface area contributed by atoms with Crippen molar-refractivity contribution in [2.24, 2.45) is 5.92 Å². The lowest BCUT2D eigenvalue weighted by molar-refractivity contribution is -0.117. The molecule has 0 saturated heterocycles. The number of hydrogen-bond donors (Lipinski definition) is 1. The van der Waals surface area contributed by atoms with Crippen LogP contribution in [0.5, 0.6) is 0 Å². The van der Waals surface area contributed by atoms with Gasteiger partial charge in [-0.25, -0.2) is 0 Å². The second kappa shape index (κ2) is 5.19. The van der Waals surface area contributed by atoms with Crippen LogP contribution >= 0.6 is 0 Å². The number of nitrogens with one attached hydrogen (secondary N) is 1. The van der Waals surface area contributed by atoms with Crippen LogP contribution in [-0.4, -0.2) is 20.9 Å². The average Bonchev–Trinajstić information content (AvgIpc) is 2.99. The predicted octanol–water partition coefficient (Wildman–Crippen LogP) is 3.50. The number of anilines is 1. The first-order valence-corrected chi connectivity index (χ1v) is 7.88. The number of benzene rings is 2. The summed E-state index contributed by atoms with van der Waals surface area (Å²) < 4.78 is 0. The van der Waals surface area contributed by atoms with Gasteiger partial charge in [0.2, 0.25) is 5.91 Å². The number of carbonyl (C=O) groups is 1. The molecule has 1 atom stereocenters. The van der Waals surface area contributed by atoms with Crippen LogP contribution in [0.4, 0.5) is 5.69 Å². The molecule has 0 radical (unpaired) electrons. The summed E-state index contributed by atoms with van der Waals surface area (Å²) in [7, 11) is 0. The molecule has 23 heavy (non-hydrogen) atoms. The first kappa shape index (κ1) is 13.9. The van der Waals surface area contributed by atoms with E-state index in [1.807, 2.05) is 42.5 Å². The minimum absolute atomic E-state index is 0.0750. The van der Waals surface area contributed by atoms with Crippen LogP contribution in [0.2, 0.25) is 0 Å². The number of rotatable bonds is 2. The van der Waals surface area contributed by atoms with Gasteiger partial charge in [0, 0.05) is 17.7 Å². The fourth-order valence-corrected chi connectivity index (χ4v) is 3.23. The van der Waals surface area contributed by atoms with Crippen molar-refractivity contribution in [3.05, 3.63) is 48.0 Å². The molecule has 0 aliphatic carbocycles. The molecule has 1 aromatic heterocycles. The van der Waals surface area contributed by atoms with Crippen molar-refractivity contribution >= 4 is 22.6 Å². The Morgan fingerprint density at radius 2 is 1.91 bits per heavy atom. The van der Waals surface area contributed by atoms with Gasteiger partial charge < -0.3 is 5.32 Å². The predicted molar refractivity (Wildman–Crippen MR) is 89.7 cm³/mol. The number of hydrogen-bond acceptors (Lipinski definition) is 3. The summed E-state index contributed by atoms with van der Waals surface area (Å²) in [5.74, 6) is 0.613. The lowest BCUT2D eigenvalue weighted by Gasteiger charge is -2.28. The third-order valence-corrected chi connectivity index (χ3v) is 4.44. The van der Waals surface area contributed by atoms with E-state index in [2.05, 4.69) is 24.3 Å². The van der Waals surface area contributed by atoms with E-state index in [0.717, 1.165) is 28.0 Å². The fourth-order valence-electron chi connectivity index (χ4n) is 3.23. The van der Waals surface area contributed by atoms with Gasteiger partial charge in [-0.15, -0.1) is 10.2 Å². The van der Waals surface area contributed by atoms with Gasteiger partial charge in [0.15, 0.2) is 0 Å². The van der Waals surface area contributed by atoms with Gasteiger partial charge in [0.1, 0.15) is 11.0 Å². The van der Waals surface area contributed by atoms with Gasteiger partial charge in [-0.2, -0.15) is 4.80 Å². The highest BCUT2D eigenvalue weighted by Gasteiger charge is 2.30. The van der Waals surface area contributed by atoms with Crippen LogP contribution in [0.1, 0.15) is 31.7 Å². The molecule has 4 rings (SSSR count). The molecule has 0 bridgehead atoms. The van der Waals surface area contributed by atoms with Gasteiger partial charge in [0.05, 0.1) is 5.69 Å². The van der Waals surface area contributed by atoms with Crippen molar-refractivity contribution in [3.63, 3.8) is 0 Å². The summed E-state index contributed by atoms with van der Waals surface area (Å²) in [6, 6.07) is 13.7. The lowest BCUT2D eigenvalue weighted by Crippen LogP contribution is -2.25. The molecule has 0 fully saturated rings. The van der Waals surface area contributed by atoms with Crippen LogP contribution in [0.3, 0.4) is 0 Å². The van der Waals surface area contributed by atoms with Crippen molar-refractivity contribution in [2.75, 3.05) is 5.32 Å². The zero-order chi connectivity index (χ0) is 16.0. The first-order chi connectivity index (χ1) is 11.1. The molecular formula is C18H18N4O. The topological polar surface area (TPSA) is 59.8 Å². The summed E-state index contributed by atoms with van der Waals surface area (Å²) in [6.07, 6.45) is 0.502. The normalized spacial score (nSPS) is 17.3. The maximum absolute atomic E-state index is 12.0. The molecule has 0 spiro atoms. The molecule has 116 valence electrons. The Morgan fingerprint density at radius 1 is 1.13 bits per heavy atom. The highest BCUT2D eigenvalue weighted by Crippen LogP contribution is 2.40. The quantitative estimate of drug-likeness (QED) is 0.788. The van der Waals surface area contributed by atoms with E-state index in [9.17, 15) is 4.79 Å². The molecule has 1 N–H and O–H groups in total. The lowest BCUT2D eigenvalue weighted by atomic mass is 9.81. The van der Waals surface area contributed by atoms with Crippen LogP contribution in [0.25, 0.3) is 16.7 Å². The molecule has 1 amide bonds. The summed E-state index contributed by atoms with van der Waals surface area (Å²) in [6.45, 7) is 4.29. The summed E-state index contributed by atoms with van der Waals surface area (Å²) >= 11 is 0. The molecule has 5 nitrogen and oxygen atoms in total. The molecule has 1 aliphatic rings. The van der Waals surface area contributed by atoms with Gasteiger partial charge in [0.25, 0.3) is 0 Å². The highest BCUT2D eigenvalue weighted by atomic mass is 16.1. The smallest absolute Gasteiger partial charge is 0.225 e. The van der Waals surface area contributed by atoms with Crippen LogP contribution < -0.4 is 5.32 Å². The molecule has 2 heterocycles. The van der Waals surface area contributed by atoms with E-state index in [1.165, 1.54) is 0 Å². The van der Waals surface area contributed by atoms with Crippen molar-refractivity contribution in [2.45, 2.75) is 26.2 Å². The maximum Gasteiger partial charge on any atom is 0.225 e. The monoisotopic (exact) mass is 306 g/mol. The van der Waals surface area contributed by atoms with E-state index >= 15 is 0 Å². The number of carbonyl (C=O) groups excluding carboxylic acids is 1. The number of aromatic nitrogens is 3. The maximum atomic E-state index is 12.0. The van der Waals surface area contributed by atoms with Gasteiger partial charge in [-0.1, -0.05) is 32.0 Å². The number of nitrogens with zero attached hydrogens (tertiary/aromatic N) is 3. The Hall–Kier alpha value is -2.69. The Morgan fingerprint density at radius 3 is 2.65 bits per heavy atom. The summed E-state index contributed by atoms with van der Waals surface area (Å²) in [4.78, 5) is 13.6. The Kier molecular flexibility index (Phi) is 3.15. The van der Waals surface area contributed by atoms with E-state index < -0.39 is 0 Å². The van der Waals surface area contributed by atoms with Crippen LogP contribution in [-0.2, 0) is 4.79 Å². The Labute approximate surface area is 134 Å². The number of para-hydroxylation sites is 1. The van der Waals surface area contributed by atoms with Crippen molar-refractivity contribution in [3.8, 4) is 5.69 Å². The van der Waals surface area contributed by atoms with E-state index in [1.54, 1.807) is 4.80 Å². The molecule has 2 aromatic carbocycles. The van der Waals surface area contributed by atoms with Crippen LogP contribution in [0, 0.1) is 5.92 Å². The summed E-state index contributed by atoms with van der Waals surface area (Å²) in [5.41, 5.74) is 4.64.